The Labute approximate surface area is 154 Å². The van der Waals surface area contributed by atoms with E-state index in [4.69, 9.17) is 27.9 Å². The molecule has 0 heterocycles. The summed E-state index contributed by atoms with van der Waals surface area (Å²) in [4.78, 5) is 22.5. The standard InChI is InChI=1S/C17H15Cl2N3O3/c1-20-16(23)17(24)22-21-9-12-8-13(18)6-7-15(12)25-10-11-4-2-3-5-14(11)19/h2-9H,10H2,1H3,(H,20,23)(H,22,24)/b21-9-. The minimum Gasteiger partial charge on any atom is -0.488 e. The maximum atomic E-state index is 11.4. The third-order valence-electron chi connectivity index (χ3n) is 3.12. The number of hydrogen-bond acceptors (Lipinski definition) is 4. The Bertz CT molecular complexity index is 809. The van der Waals surface area contributed by atoms with E-state index in [1.807, 2.05) is 18.2 Å². The van der Waals surface area contributed by atoms with Gasteiger partial charge in [0.2, 0.25) is 0 Å². The second-order valence-corrected chi connectivity index (χ2v) is 5.68. The van der Waals surface area contributed by atoms with Gasteiger partial charge in [0.05, 0.1) is 6.21 Å². The predicted octanol–water partition coefficient (Wildman–Crippen LogP) is 2.77. The van der Waals surface area contributed by atoms with E-state index >= 15 is 0 Å². The molecule has 2 amide bonds. The van der Waals surface area contributed by atoms with E-state index in [9.17, 15) is 9.59 Å². The average Bonchev–Trinajstić information content (AvgIpc) is 2.61. The molecule has 0 aliphatic rings. The summed E-state index contributed by atoms with van der Waals surface area (Å²) in [6.07, 6.45) is 1.34. The second kappa shape index (κ2) is 9.05. The highest BCUT2D eigenvalue weighted by molar-refractivity contribution is 6.35. The number of nitrogens with one attached hydrogen (secondary N) is 2. The van der Waals surface area contributed by atoms with Gasteiger partial charge in [-0.25, -0.2) is 5.43 Å². The number of carbonyl (C=O) groups is 2. The van der Waals surface area contributed by atoms with Crippen LogP contribution in [0.15, 0.2) is 47.6 Å². The molecular weight excluding hydrogens is 365 g/mol. The van der Waals surface area contributed by atoms with Crippen molar-refractivity contribution < 1.29 is 14.3 Å². The highest BCUT2D eigenvalue weighted by atomic mass is 35.5. The van der Waals surface area contributed by atoms with Crippen LogP contribution in [0.5, 0.6) is 5.75 Å². The number of rotatable bonds is 5. The highest BCUT2D eigenvalue weighted by Gasteiger charge is 2.10. The molecule has 0 bridgehead atoms. The Morgan fingerprint density at radius 3 is 2.64 bits per heavy atom. The van der Waals surface area contributed by atoms with Gasteiger partial charge in [0.15, 0.2) is 0 Å². The molecule has 0 spiro atoms. The summed E-state index contributed by atoms with van der Waals surface area (Å²) in [5.74, 6) is -1.17. The fraction of sp³-hybridized carbons (Fsp3) is 0.118. The van der Waals surface area contributed by atoms with E-state index in [0.717, 1.165) is 5.56 Å². The van der Waals surface area contributed by atoms with Crippen molar-refractivity contribution >= 4 is 41.2 Å². The van der Waals surface area contributed by atoms with Crippen LogP contribution in [0.3, 0.4) is 0 Å². The largest absolute Gasteiger partial charge is 0.488 e. The minimum atomic E-state index is -0.876. The van der Waals surface area contributed by atoms with E-state index < -0.39 is 11.8 Å². The zero-order valence-electron chi connectivity index (χ0n) is 13.3. The molecular formula is C17H15Cl2N3O3. The number of hydrazone groups is 1. The van der Waals surface area contributed by atoms with E-state index in [1.165, 1.54) is 13.3 Å². The van der Waals surface area contributed by atoms with Gasteiger partial charge < -0.3 is 10.1 Å². The van der Waals surface area contributed by atoms with Crippen LogP contribution in [-0.4, -0.2) is 25.1 Å². The molecule has 0 atom stereocenters. The van der Waals surface area contributed by atoms with Crippen molar-refractivity contribution in [3.8, 4) is 5.75 Å². The van der Waals surface area contributed by atoms with Gasteiger partial charge >= 0.3 is 11.8 Å². The molecule has 8 heteroatoms. The quantitative estimate of drug-likeness (QED) is 0.476. The average molecular weight is 380 g/mol. The maximum absolute atomic E-state index is 11.4. The first-order valence-electron chi connectivity index (χ1n) is 7.22. The van der Waals surface area contributed by atoms with Crippen LogP contribution in [0.2, 0.25) is 10.0 Å². The van der Waals surface area contributed by atoms with Crippen molar-refractivity contribution in [1.29, 1.82) is 0 Å². The number of carbonyl (C=O) groups excluding carboxylic acids is 2. The van der Waals surface area contributed by atoms with E-state index in [2.05, 4.69) is 15.8 Å². The Hall–Kier alpha value is -2.57. The van der Waals surface area contributed by atoms with Crippen LogP contribution in [0, 0.1) is 0 Å². The first kappa shape index (κ1) is 18.8. The molecule has 25 heavy (non-hydrogen) atoms. The number of nitrogens with zero attached hydrogens (tertiary/aromatic N) is 1. The van der Waals surface area contributed by atoms with Crippen molar-refractivity contribution in [1.82, 2.24) is 10.7 Å². The van der Waals surface area contributed by atoms with Gasteiger partial charge in [0, 0.05) is 28.2 Å². The van der Waals surface area contributed by atoms with Crippen LogP contribution in [0.25, 0.3) is 0 Å². The molecule has 2 rings (SSSR count). The first-order valence-corrected chi connectivity index (χ1v) is 7.97. The summed E-state index contributed by atoms with van der Waals surface area (Å²) in [5.41, 5.74) is 3.48. The molecule has 2 N–H and O–H groups in total. The maximum Gasteiger partial charge on any atom is 0.329 e. The molecule has 0 aliphatic heterocycles. The number of ether oxygens (including phenoxy) is 1. The monoisotopic (exact) mass is 379 g/mol. The van der Waals surface area contributed by atoms with Crippen LogP contribution in [-0.2, 0) is 16.2 Å². The number of hydrogen-bond donors (Lipinski definition) is 2. The lowest BCUT2D eigenvalue weighted by Gasteiger charge is -2.10. The fourth-order valence-electron chi connectivity index (χ4n) is 1.85. The van der Waals surface area contributed by atoms with E-state index in [1.54, 1.807) is 24.3 Å². The Balaban J connectivity index is 2.10. The molecule has 0 aromatic heterocycles. The van der Waals surface area contributed by atoms with Crippen LogP contribution >= 0.6 is 23.2 Å². The molecule has 0 saturated heterocycles. The van der Waals surface area contributed by atoms with E-state index in [0.29, 0.717) is 21.4 Å². The molecule has 0 fully saturated rings. The van der Waals surface area contributed by atoms with Gasteiger partial charge in [-0.3, -0.25) is 9.59 Å². The summed E-state index contributed by atoms with van der Waals surface area (Å²) in [5, 5.41) is 7.01. The first-order chi connectivity index (χ1) is 12.0. The van der Waals surface area contributed by atoms with Gasteiger partial charge in [0.1, 0.15) is 12.4 Å². The zero-order chi connectivity index (χ0) is 18.2. The summed E-state index contributed by atoms with van der Waals surface area (Å²) < 4.78 is 5.76. The SMILES string of the molecule is CNC(=O)C(=O)N/N=C\c1cc(Cl)ccc1OCc1ccccc1Cl. The van der Waals surface area contributed by atoms with Crippen LogP contribution in [0.4, 0.5) is 0 Å². The molecule has 0 saturated carbocycles. The zero-order valence-corrected chi connectivity index (χ0v) is 14.8. The number of halogens is 2. The number of amides is 2. The van der Waals surface area contributed by atoms with Crippen LogP contribution in [0.1, 0.15) is 11.1 Å². The van der Waals surface area contributed by atoms with Gasteiger partial charge in [-0.2, -0.15) is 5.10 Å². The summed E-state index contributed by atoms with van der Waals surface area (Å²) in [7, 11) is 1.35. The molecule has 0 aliphatic carbocycles. The third kappa shape index (κ3) is 5.48. The summed E-state index contributed by atoms with van der Waals surface area (Å²) in [6, 6.07) is 12.3. The molecule has 0 radical (unpaired) electrons. The second-order valence-electron chi connectivity index (χ2n) is 4.84. The Morgan fingerprint density at radius 1 is 1.16 bits per heavy atom. The van der Waals surface area contributed by atoms with Crippen molar-refractivity contribution in [2.24, 2.45) is 5.10 Å². The van der Waals surface area contributed by atoms with Gasteiger partial charge in [-0.15, -0.1) is 0 Å². The minimum absolute atomic E-state index is 0.257. The normalized spacial score (nSPS) is 10.5. The lowest BCUT2D eigenvalue weighted by atomic mass is 10.2. The van der Waals surface area contributed by atoms with Gasteiger partial charge in [-0.1, -0.05) is 41.4 Å². The van der Waals surface area contributed by atoms with Crippen LogP contribution < -0.4 is 15.5 Å². The summed E-state index contributed by atoms with van der Waals surface area (Å²) >= 11 is 12.1. The van der Waals surface area contributed by atoms with Gasteiger partial charge in [0.25, 0.3) is 0 Å². The number of benzene rings is 2. The third-order valence-corrected chi connectivity index (χ3v) is 3.72. The van der Waals surface area contributed by atoms with E-state index in [-0.39, 0.29) is 6.61 Å². The lowest BCUT2D eigenvalue weighted by molar-refractivity contribution is -0.138. The molecule has 6 nitrogen and oxygen atoms in total. The van der Waals surface area contributed by atoms with Crippen molar-refractivity contribution in [2.45, 2.75) is 6.61 Å². The van der Waals surface area contributed by atoms with Crippen molar-refractivity contribution in [3.63, 3.8) is 0 Å². The molecule has 130 valence electrons. The Kier molecular flexibility index (Phi) is 6.80. The van der Waals surface area contributed by atoms with Gasteiger partial charge in [-0.05, 0) is 24.3 Å². The topological polar surface area (TPSA) is 79.8 Å². The number of likely N-dealkylation sites (N-methyl/N-ethyl adjacent to an activating group) is 1. The lowest BCUT2D eigenvalue weighted by Crippen LogP contribution is -2.35. The smallest absolute Gasteiger partial charge is 0.329 e. The van der Waals surface area contributed by atoms with Crippen molar-refractivity contribution in [3.05, 3.63) is 63.6 Å². The molecule has 2 aromatic carbocycles. The highest BCUT2D eigenvalue weighted by Crippen LogP contribution is 2.24. The fourth-order valence-corrected chi connectivity index (χ4v) is 2.22. The molecule has 0 unspecified atom stereocenters. The van der Waals surface area contributed by atoms with Crippen molar-refractivity contribution in [2.75, 3.05) is 7.05 Å². The molecule has 2 aromatic rings. The Morgan fingerprint density at radius 2 is 1.92 bits per heavy atom. The summed E-state index contributed by atoms with van der Waals surface area (Å²) in [6.45, 7) is 0.257. The predicted molar refractivity (Wildman–Crippen MR) is 97.0 cm³/mol.